The molecule has 1 aromatic carbocycles. The molecular weight excluding hydrogens is 195 g/mol. The summed E-state index contributed by atoms with van der Waals surface area (Å²) in [6, 6.07) is 6.10. The van der Waals surface area contributed by atoms with E-state index in [1.807, 2.05) is 6.07 Å². The normalized spacial score (nSPS) is 9.67. The van der Waals surface area contributed by atoms with E-state index in [1.54, 1.807) is 13.2 Å². The number of hydrogen-bond donors (Lipinski definition) is 1. The molecule has 4 heteroatoms. The Morgan fingerprint density at radius 1 is 1.47 bits per heavy atom. The van der Waals surface area contributed by atoms with Crippen LogP contribution in [0.5, 0.6) is 0 Å². The maximum absolute atomic E-state index is 13.0. The van der Waals surface area contributed by atoms with Crippen LogP contribution in [-0.4, -0.2) is 20.3 Å². The van der Waals surface area contributed by atoms with E-state index in [-0.39, 0.29) is 0 Å². The average Bonchev–Trinajstić information content (AvgIpc) is 2.23. The monoisotopic (exact) mass is 208 g/mol. The van der Waals surface area contributed by atoms with Crippen molar-refractivity contribution in [2.24, 2.45) is 0 Å². The van der Waals surface area contributed by atoms with Gasteiger partial charge in [-0.3, -0.25) is 0 Å². The third-order valence-electron chi connectivity index (χ3n) is 1.88. The SMILES string of the molecule is COCCCNc1cc(F)cc(C#N)c1. The van der Waals surface area contributed by atoms with Crippen molar-refractivity contribution < 1.29 is 9.13 Å². The smallest absolute Gasteiger partial charge is 0.126 e. The van der Waals surface area contributed by atoms with Gasteiger partial charge in [0.25, 0.3) is 0 Å². The largest absolute Gasteiger partial charge is 0.385 e. The van der Waals surface area contributed by atoms with Crippen molar-refractivity contribution in [3.8, 4) is 6.07 Å². The van der Waals surface area contributed by atoms with Crippen molar-refractivity contribution in [3.63, 3.8) is 0 Å². The van der Waals surface area contributed by atoms with Crippen LogP contribution in [0, 0.1) is 17.1 Å². The van der Waals surface area contributed by atoms with Crippen LogP contribution in [0.1, 0.15) is 12.0 Å². The van der Waals surface area contributed by atoms with Gasteiger partial charge in [-0.2, -0.15) is 5.26 Å². The van der Waals surface area contributed by atoms with Crippen LogP contribution in [0.25, 0.3) is 0 Å². The van der Waals surface area contributed by atoms with Crippen LogP contribution in [-0.2, 0) is 4.74 Å². The van der Waals surface area contributed by atoms with E-state index in [1.165, 1.54) is 12.1 Å². The zero-order valence-corrected chi connectivity index (χ0v) is 8.59. The number of nitrogens with one attached hydrogen (secondary N) is 1. The van der Waals surface area contributed by atoms with Crippen molar-refractivity contribution in [3.05, 3.63) is 29.6 Å². The van der Waals surface area contributed by atoms with Gasteiger partial charge in [-0.1, -0.05) is 0 Å². The summed E-state index contributed by atoms with van der Waals surface area (Å²) in [5.74, 6) is -0.400. The summed E-state index contributed by atoms with van der Waals surface area (Å²) in [4.78, 5) is 0. The second-order valence-corrected chi connectivity index (χ2v) is 3.11. The first-order chi connectivity index (χ1) is 7.26. The summed E-state index contributed by atoms with van der Waals surface area (Å²) in [5.41, 5.74) is 0.951. The first-order valence-corrected chi connectivity index (χ1v) is 4.70. The second kappa shape index (κ2) is 5.99. The minimum Gasteiger partial charge on any atom is -0.385 e. The van der Waals surface area contributed by atoms with Gasteiger partial charge in [0.2, 0.25) is 0 Å². The Balaban J connectivity index is 2.54. The van der Waals surface area contributed by atoms with Crippen molar-refractivity contribution in [2.75, 3.05) is 25.6 Å². The topological polar surface area (TPSA) is 45.0 Å². The first kappa shape index (κ1) is 11.5. The van der Waals surface area contributed by atoms with E-state index in [0.717, 1.165) is 6.42 Å². The number of nitriles is 1. The van der Waals surface area contributed by atoms with Crippen LogP contribution in [0.15, 0.2) is 18.2 Å². The Hall–Kier alpha value is -1.60. The molecule has 3 nitrogen and oxygen atoms in total. The molecule has 1 rings (SSSR count). The quantitative estimate of drug-likeness (QED) is 0.754. The molecule has 0 aromatic heterocycles. The molecule has 0 radical (unpaired) electrons. The van der Waals surface area contributed by atoms with Gasteiger partial charge < -0.3 is 10.1 Å². The van der Waals surface area contributed by atoms with E-state index in [4.69, 9.17) is 10.00 Å². The van der Waals surface area contributed by atoms with Gasteiger partial charge in [-0.25, -0.2) is 4.39 Å². The third-order valence-corrected chi connectivity index (χ3v) is 1.88. The van der Waals surface area contributed by atoms with Gasteiger partial charge in [0.15, 0.2) is 0 Å². The number of hydrogen-bond acceptors (Lipinski definition) is 3. The average molecular weight is 208 g/mol. The molecule has 0 saturated heterocycles. The van der Waals surface area contributed by atoms with Crippen molar-refractivity contribution in [2.45, 2.75) is 6.42 Å². The van der Waals surface area contributed by atoms with E-state index in [2.05, 4.69) is 5.32 Å². The second-order valence-electron chi connectivity index (χ2n) is 3.11. The number of anilines is 1. The van der Waals surface area contributed by atoms with Gasteiger partial charge in [0, 0.05) is 25.9 Å². The fourth-order valence-electron chi connectivity index (χ4n) is 1.21. The molecule has 0 amide bonds. The molecule has 0 aliphatic rings. The molecular formula is C11H13FN2O. The number of nitrogens with zero attached hydrogens (tertiary/aromatic N) is 1. The lowest BCUT2D eigenvalue weighted by atomic mass is 10.2. The minimum absolute atomic E-state index is 0.323. The molecule has 0 atom stereocenters. The van der Waals surface area contributed by atoms with E-state index < -0.39 is 5.82 Å². The number of methoxy groups -OCH3 is 1. The number of benzene rings is 1. The fourth-order valence-corrected chi connectivity index (χ4v) is 1.21. The highest BCUT2D eigenvalue weighted by molar-refractivity contribution is 5.49. The lowest BCUT2D eigenvalue weighted by Gasteiger charge is -2.06. The summed E-state index contributed by atoms with van der Waals surface area (Å²) in [5, 5.41) is 11.7. The van der Waals surface area contributed by atoms with Crippen LogP contribution in [0.3, 0.4) is 0 Å². The Kier molecular flexibility index (Phi) is 4.58. The van der Waals surface area contributed by atoms with Gasteiger partial charge in [-0.15, -0.1) is 0 Å². The highest BCUT2D eigenvalue weighted by atomic mass is 19.1. The number of ether oxygens (including phenoxy) is 1. The summed E-state index contributed by atoms with van der Waals surface area (Å²) in [6.07, 6.45) is 0.842. The molecule has 0 heterocycles. The number of rotatable bonds is 5. The number of halogens is 1. The predicted octanol–water partition coefficient (Wildman–Crippen LogP) is 2.15. The van der Waals surface area contributed by atoms with Crippen molar-refractivity contribution in [1.82, 2.24) is 0 Å². The van der Waals surface area contributed by atoms with E-state index >= 15 is 0 Å². The highest BCUT2D eigenvalue weighted by Gasteiger charge is 1.99. The Morgan fingerprint density at radius 3 is 2.93 bits per heavy atom. The maximum atomic E-state index is 13.0. The Bertz CT molecular complexity index is 360. The van der Waals surface area contributed by atoms with Gasteiger partial charge in [-0.05, 0) is 24.6 Å². The van der Waals surface area contributed by atoms with Crippen LogP contribution < -0.4 is 5.32 Å². The van der Waals surface area contributed by atoms with Gasteiger partial charge in [0.05, 0.1) is 11.6 Å². The zero-order valence-electron chi connectivity index (χ0n) is 8.59. The Labute approximate surface area is 88.5 Å². The lowest BCUT2D eigenvalue weighted by Crippen LogP contribution is -2.05. The van der Waals surface area contributed by atoms with Crippen LogP contribution in [0.4, 0.5) is 10.1 Å². The van der Waals surface area contributed by atoms with E-state index in [9.17, 15) is 4.39 Å². The van der Waals surface area contributed by atoms with Gasteiger partial charge >= 0.3 is 0 Å². The molecule has 0 saturated carbocycles. The van der Waals surface area contributed by atoms with Crippen molar-refractivity contribution >= 4 is 5.69 Å². The molecule has 1 aromatic rings. The van der Waals surface area contributed by atoms with Gasteiger partial charge in [0.1, 0.15) is 5.82 Å². The molecule has 1 N–H and O–H groups in total. The Morgan fingerprint density at radius 2 is 2.27 bits per heavy atom. The molecule has 0 bridgehead atoms. The summed E-state index contributed by atoms with van der Waals surface area (Å²) in [7, 11) is 1.63. The van der Waals surface area contributed by atoms with Crippen LogP contribution in [0.2, 0.25) is 0 Å². The summed E-state index contributed by atoms with van der Waals surface area (Å²) in [6.45, 7) is 1.36. The molecule has 0 unspecified atom stereocenters. The molecule has 0 spiro atoms. The molecule has 15 heavy (non-hydrogen) atoms. The minimum atomic E-state index is -0.400. The zero-order chi connectivity index (χ0) is 11.1. The lowest BCUT2D eigenvalue weighted by molar-refractivity contribution is 0.198. The summed E-state index contributed by atoms with van der Waals surface area (Å²) >= 11 is 0. The summed E-state index contributed by atoms with van der Waals surface area (Å²) < 4.78 is 17.9. The molecule has 0 aliphatic carbocycles. The third kappa shape index (κ3) is 3.96. The van der Waals surface area contributed by atoms with Crippen molar-refractivity contribution in [1.29, 1.82) is 5.26 Å². The maximum Gasteiger partial charge on any atom is 0.126 e. The van der Waals surface area contributed by atoms with E-state index in [0.29, 0.717) is 24.4 Å². The molecule has 80 valence electrons. The first-order valence-electron chi connectivity index (χ1n) is 4.70. The molecule has 0 aliphatic heterocycles. The fraction of sp³-hybridized carbons (Fsp3) is 0.364. The van der Waals surface area contributed by atoms with Crippen LogP contribution >= 0.6 is 0 Å². The predicted molar refractivity (Wildman–Crippen MR) is 56.1 cm³/mol. The highest BCUT2D eigenvalue weighted by Crippen LogP contribution is 2.13. The standard InChI is InChI=1S/C11H13FN2O/c1-15-4-2-3-14-11-6-9(8-13)5-10(12)7-11/h5-7,14H,2-4H2,1H3. The molecule has 0 fully saturated rings.